The van der Waals surface area contributed by atoms with E-state index >= 15 is 0 Å². The van der Waals surface area contributed by atoms with Crippen LogP contribution in [0.5, 0.6) is 0 Å². The molecule has 0 spiro atoms. The molecule has 0 fully saturated rings. The van der Waals surface area contributed by atoms with Crippen LogP contribution in [0.1, 0.15) is 22.3 Å². The van der Waals surface area contributed by atoms with E-state index in [0.717, 1.165) is 12.5 Å². The second kappa shape index (κ2) is 6.81. The van der Waals surface area contributed by atoms with E-state index in [-0.39, 0.29) is 11.9 Å². The molecule has 0 aliphatic heterocycles. The zero-order chi connectivity index (χ0) is 15.4. The van der Waals surface area contributed by atoms with Crippen molar-refractivity contribution in [1.82, 2.24) is 5.32 Å². The van der Waals surface area contributed by atoms with Gasteiger partial charge in [-0.25, -0.2) is 8.78 Å². The van der Waals surface area contributed by atoms with Gasteiger partial charge in [0.25, 0.3) is 0 Å². The highest BCUT2D eigenvalue weighted by Crippen LogP contribution is 2.16. The molecule has 0 heterocycles. The molecule has 2 aromatic rings. The van der Waals surface area contributed by atoms with E-state index < -0.39 is 5.82 Å². The highest BCUT2D eigenvalue weighted by atomic mass is 19.1. The third-order valence-corrected chi connectivity index (χ3v) is 3.65. The van der Waals surface area contributed by atoms with E-state index in [2.05, 4.69) is 37.4 Å². The van der Waals surface area contributed by atoms with Crippen molar-refractivity contribution in [2.75, 3.05) is 7.05 Å². The van der Waals surface area contributed by atoms with Gasteiger partial charge in [-0.05, 0) is 63.1 Å². The summed E-state index contributed by atoms with van der Waals surface area (Å²) < 4.78 is 27.0. The Morgan fingerprint density at radius 1 is 0.952 bits per heavy atom. The maximum absolute atomic E-state index is 13.7. The molecule has 0 aliphatic carbocycles. The van der Waals surface area contributed by atoms with Crippen molar-refractivity contribution < 1.29 is 8.78 Å². The molecule has 1 N–H and O–H groups in total. The number of hydrogen-bond donors (Lipinski definition) is 1. The van der Waals surface area contributed by atoms with Crippen LogP contribution in [-0.2, 0) is 12.8 Å². The van der Waals surface area contributed by atoms with Gasteiger partial charge in [-0.2, -0.15) is 0 Å². The van der Waals surface area contributed by atoms with Crippen LogP contribution in [0.4, 0.5) is 8.78 Å². The van der Waals surface area contributed by atoms with Crippen LogP contribution in [0.3, 0.4) is 0 Å². The van der Waals surface area contributed by atoms with E-state index in [1.165, 1.54) is 28.8 Å². The van der Waals surface area contributed by atoms with Crippen molar-refractivity contribution in [3.8, 4) is 0 Å². The first kappa shape index (κ1) is 15.6. The normalized spacial score (nSPS) is 12.4. The Kier molecular flexibility index (Phi) is 5.07. The van der Waals surface area contributed by atoms with Gasteiger partial charge in [0, 0.05) is 6.04 Å². The number of benzene rings is 2. The molecule has 0 aliphatic rings. The fourth-order valence-electron chi connectivity index (χ4n) is 2.71. The quantitative estimate of drug-likeness (QED) is 0.878. The molecule has 0 radical (unpaired) electrons. The lowest BCUT2D eigenvalue weighted by molar-refractivity contribution is 0.525. The average molecular weight is 289 g/mol. The SMILES string of the molecule is CNC(Cc1cc(C)cc(C)c1)Cc1cc(F)ccc1F. The van der Waals surface area contributed by atoms with Crippen molar-refractivity contribution in [2.24, 2.45) is 0 Å². The Morgan fingerprint density at radius 3 is 2.24 bits per heavy atom. The summed E-state index contributed by atoms with van der Waals surface area (Å²) in [4.78, 5) is 0. The van der Waals surface area contributed by atoms with Crippen molar-refractivity contribution in [1.29, 1.82) is 0 Å². The van der Waals surface area contributed by atoms with E-state index in [4.69, 9.17) is 0 Å². The number of nitrogens with one attached hydrogen (secondary N) is 1. The minimum atomic E-state index is -0.396. The third kappa shape index (κ3) is 4.36. The molecular formula is C18H21F2N. The molecule has 0 bridgehead atoms. The van der Waals surface area contributed by atoms with E-state index in [9.17, 15) is 8.78 Å². The molecule has 1 atom stereocenters. The van der Waals surface area contributed by atoms with Gasteiger partial charge in [0.15, 0.2) is 0 Å². The zero-order valence-electron chi connectivity index (χ0n) is 12.7. The second-order valence-electron chi connectivity index (χ2n) is 5.63. The van der Waals surface area contributed by atoms with Crippen LogP contribution in [0, 0.1) is 25.5 Å². The molecule has 2 rings (SSSR count). The predicted octanol–water partition coefficient (Wildman–Crippen LogP) is 3.95. The summed E-state index contributed by atoms with van der Waals surface area (Å²) >= 11 is 0. The molecule has 3 heteroatoms. The Labute approximate surface area is 125 Å². The Hall–Kier alpha value is -1.74. The summed E-state index contributed by atoms with van der Waals surface area (Å²) in [5.41, 5.74) is 4.07. The maximum Gasteiger partial charge on any atom is 0.126 e. The van der Waals surface area contributed by atoms with Crippen LogP contribution >= 0.6 is 0 Å². The minimum Gasteiger partial charge on any atom is -0.316 e. The van der Waals surface area contributed by atoms with E-state index in [1.807, 2.05) is 7.05 Å². The Balaban J connectivity index is 2.14. The van der Waals surface area contributed by atoms with Gasteiger partial charge in [0.05, 0.1) is 0 Å². The number of halogens is 2. The molecule has 1 unspecified atom stereocenters. The summed E-state index contributed by atoms with van der Waals surface area (Å²) in [6.45, 7) is 4.13. The molecule has 1 nitrogen and oxygen atoms in total. The molecule has 0 amide bonds. The minimum absolute atomic E-state index is 0.0718. The van der Waals surface area contributed by atoms with Gasteiger partial charge >= 0.3 is 0 Å². The first-order chi connectivity index (χ1) is 9.97. The molecule has 0 saturated heterocycles. The third-order valence-electron chi connectivity index (χ3n) is 3.65. The summed E-state index contributed by atoms with van der Waals surface area (Å²) in [5.74, 6) is -0.746. The van der Waals surface area contributed by atoms with Crippen LogP contribution in [0.15, 0.2) is 36.4 Å². The zero-order valence-corrected chi connectivity index (χ0v) is 12.7. The van der Waals surface area contributed by atoms with Gasteiger partial charge in [-0.3, -0.25) is 0 Å². The largest absolute Gasteiger partial charge is 0.316 e. The predicted molar refractivity (Wildman–Crippen MR) is 82.5 cm³/mol. The number of hydrogen-bond acceptors (Lipinski definition) is 1. The van der Waals surface area contributed by atoms with Gasteiger partial charge in [-0.15, -0.1) is 0 Å². The fraction of sp³-hybridized carbons (Fsp3) is 0.333. The van der Waals surface area contributed by atoms with Crippen LogP contribution in [0.2, 0.25) is 0 Å². The summed E-state index contributed by atoms with van der Waals surface area (Å²) in [6, 6.07) is 10.1. The highest BCUT2D eigenvalue weighted by Gasteiger charge is 2.13. The summed E-state index contributed by atoms with van der Waals surface area (Å²) in [7, 11) is 1.85. The lowest BCUT2D eigenvalue weighted by Gasteiger charge is -2.17. The number of likely N-dealkylation sites (N-methyl/N-ethyl adjacent to an activating group) is 1. The van der Waals surface area contributed by atoms with Gasteiger partial charge < -0.3 is 5.32 Å². The average Bonchev–Trinajstić information content (AvgIpc) is 2.41. The highest BCUT2D eigenvalue weighted by molar-refractivity contribution is 5.29. The topological polar surface area (TPSA) is 12.0 Å². The molecule has 21 heavy (non-hydrogen) atoms. The maximum atomic E-state index is 13.7. The van der Waals surface area contributed by atoms with Gasteiger partial charge in [-0.1, -0.05) is 29.3 Å². The van der Waals surface area contributed by atoms with Crippen molar-refractivity contribution >= 4 is 0 Å². The van der Waals surface area contributed by atoms with Crippen molar-refractivity contribution in [3.63, 3.8) is 0 Å². The molecule has 2 aromatic carbocycles. The molecule has 112 valence electrons. The van der Waals surface area contributed by atoms with Crippen LogP contribution in [0.25, 0.3) is 0 Å². The standard InChI is InChI=1S/C18H21F2N/c1-12-6-13(2)8-14(7-12)9-17(21-3)11-15-10-16(19)4-5-18(15)20/h4-8,10,17,21H,9,11H2,1-3H3. The lowest BCUT2D eigenvalue weighted by Crippen LogP contribution is -2.30. The van der Waals surface area contributed by atoms with Crippen molar-refractivity contribution in [2.45, 2.75) is 32.7 Å². The van der Waals surface area contributed by atoms with Gasteiger partial charge in [0.1, 0.15) is 11.6 Å². The first-order valence-corrected chi connectivity index (χ1v) is 7.16. The molecule has 0 aromatic heterocycles. The summed E-state index contributed by atoms with van der Waals surface area (Å²) in [6.07, 6.45) is 1.25. The fourth-order valence-corrected chi connectivity index (χ4v) is 2.71. The molecule has 0 saturated carbocycles. The second-order valence-corrected chi connectivity index (χ2v) is 5.63. The van der Waals surface area contributed by atoms with Crippen LogP contribution < -0.4 is 5.32 Å². The number of aryl methyl sites for hydroxylation is 2. The van der Waals surface area contributed by atoms with Gasteiger partial charge in [0.2, 0.25) is 0 Å². The monoisotopic (exact) mass is 289 g/mol. The van der Waals surface area contributed by atoms with E-state index in [0.29, 0.717) is 12.0 Å². The number of rotatable bonds is 5. The smallest absolute Gasteiger partial charge is 0.126 e. The summed E-state index contributed by atoms with van der Waals surface area (Å²) in [5, 5.41) is 3.20. The molecular weight excluding hydrogens is 268 g/mol. The Morgan fingerprint density at radius 2 is 1.62 bits per heavy atom. The lowest BCUT2D eigenvalue weighted by atomic mass is 9.96. The van der Waals surface area contributed by atoms with E-state index in [1.54, 1.807) is 0 Å². The Bertz CT molecular complexity index is 602. The van der Waals surface area contributed by atoms with Crippen LogP contribution in [-0.4, -0.2) is 13.1 Å². The van der Waals surface area contributed by atoms with Crippen molar-refractivity contribution in [3.05, 3.63) is 70.3 Å². The first-order valence-electron chi connectivity index (χ1n) is 7.16.